The zero-order valence-electron chi connectivity index (χ0n) is 17.6. The van der Waals surface area contributed by atoms with E-state index in [1.54, 1.807) is 12.3 Å². The number of aromatic nitrogens is 3. The molecule has 1 unspecified atom stereocenters. The van der Waals surface area contributed by atoms with Crippen LogP contribution < -0.4 is 16.0 Å². The highest BCUT2D eigenvalue weighted by atomic mass is 35.5. The SMILES string of the molecule is O=C(Nc1cc(-c2nc(NCC3CCOCC3)cnc2Cl)c(Cl)cn1)C1CNCCOC1. The van der Waals surface area contributed by atoms with Gasteiger partial charge in [0, 0.05) is 44.6 Å². The highest BCUT2D eigenvalue weighted by Gasteiger charge is 2.22. The number of nitrogens with zero attached hydrogens (tertiary/aromatic N) is 3. The van der Waals surface area contributed by atoms with Gasteiger partial charge in [0.15, 0.2) is 5.15 Å². The molecule has 172 valence electrons. The number of nitrogens with one attached hydrogen (secondary N) is 3. The van der Waals surface area contributed by atoms with Gasteiger partial charge in [0.1, 0.15) is 17.3 Å². The van der Waals surface area contributed by atoms with Crippen molar-refractivity contribution in [1.29, 1.82) is 0 Å². The van der Waals surface area contributed by atoms with Crippen molar-refractivity contribution < 1.29 is 14.3 Å². The van der Waals surface area contributed by atoms with Gasteiger partial charge in [0.25, 0.3) is 0 Å². The first-order valence-electron chi connectivity index (χ1n) is 10.7. The standard InChI is InChI=1S/C21H26Cl2N6O3/c22-16-10-26-17(29-21(30)14-9-24-3-6-32-12-14)7-15(16)19-20(23)27-11-18(28-19)25-8-13-1-4-31-5-2-13/h7,10-11,13-14,24H,1-6,8-9,12H2,(H,25,28)(H,26,29,30). The van der Waals surface area contributed by atoms with E-state index in [9.17, 15) is 4.79 Å². The predicted molar refractivity (Wildman–Crippen MR) is 123 cm³/mol. The highest BCUT2D eigenvalue weighted by molar-refractivity contribution is 6.35. The third-order valence-electron chi connectivity index (χ3n) is 5.51. The first-order valence-corrected chi connectivity index (χ1v) is 11.4. The second-order valence-corrected chi connectivity index (χ2v) is 8.61. The van der Waals surface area contributed by atoms with Crippen LogP contribution in [0.15, 0.2) is 18.5 Å². The number of rotatable bonds is 6. The molecular formula is C21H26Cl2N6O3. The third-order valence-corrected chi connectivity index (χ3v) is 6.08. The fourth-order valence-electron chi connectivity index (χ4n) is 3.62. The van der Waals surface area contributed by atoms with Crippen LogP contribution >= 0.6 is 23.2 Å². The molecule has 2 aliphatic rings. The van der Waals surface area contributed by atoms with E-state index >= 15 is 0 Å². The average Bonchev–Trinajstić information content (AvgIpc) is 3.10. The summed E-state index contributed by atoms with van der Waals surface area (Å²) in [6.07, 6.45) is 5.10. The van der Waals surface area contributed by atoms with Crippen LogP contribution in [-0.2, 0) is 14.3 Å². The molecule has 3 N–H and O–H groups in total. The Bertz CT molecular complexity index is 934. The van der Waals surface area contributed by atoms with Crippen molar-refractivity contribution in [2.24, 2.45) is 11.8 Å². The van der Waals surface area contributed by atoms with Crippen molar-refractivity contribution >= 4 is 40.7 Å². The molecule has 0 aromatic carbocycles. The molecular weight excluding hydrogens is 455 g/mol. The van der Waals surface area contributed by atoms with Crippen LogP contribution in [0.1, 0.15) is 12.8 Å². The Kier molecular flexibility index (Phi) is 8.10. The molecule has 0 aliphatic carbocycles. The zero-order valence-corrected chi connectivity index (χ0v) is 19.1. The number of amides is 1. The van der Waals surface area contributed by atoms with Crippen molar-refractivity contribution in [3.8, 4) is 11.3 Å². The summed E-state index contributed by atoms with van der Waals surface area (Å²) in [6, 6.07) is 1.66. The summed E-state index contributed by atoms with van der Waals surface area (Å²) in [6.45, 7) is 4.57. The number of hydrogen-bond acceptors (Lipinski definition) is 8. The summed E-state index contributed by atoms with van der Waals surface area (Å²) >= 11 is 12.7. The van der Waals surface area contributed by atoms with E-state index in [-0.39, 0.29) is 17.0 Å². The summed E-state index contributed by atoms with van der Waals surface area (Å²) in [4.78, 5) is 25.7. The van der Waals surface area contributed by atoms with Crippen LogP contribution in [-0.4, -0.2) is 66.9 Å². The van der Waals surface area contributed by atoms with Crippen LogP contribution in [0, 0.1) is 11.8 Å². The highest BCUT2D eigenvalue weighted by Crippen LogP contribution is 2.32. The fourth-order valence-corrected chi connectivity index (χ4v) is 4.01. The molecule has 2 saturated heterocycles. The first-order chi connectivity index (χ1) is 15.6. The largest absolute Gasteiger partial charge is 0.381 e. The second-order valence-electron chi connectivity index (χ2n) is 7.85. The quantitative estimate of drug-likeness (QED) is 0.578. The predicted octanol–water partition coefficient (Wildman–Crippen LogP) is 2.86. The molecule has 4 rings (SSSR count). The molecule has 2 fully saturated rings. The summed E-state index contributed by atoms with van der Waals surface area (Å²) in [5, 5.41) is 9.92. The van der Waals surface area contributed by atoms with E-state index in [0.29, 0.717) is 53.6 Å². The maximum Gasteiger partial charge on any atom is 0.232 e. The molecule has 32 heavy (non-hydrogen) atoms. The van der Waals surface area contributed by atoms with E-state index < -0.39 is 0 Å². The summed E-state index contributed by atoms with van der Waals surface area (Å²) in [5.74, 6) is 1.01. The molecule has 11 heteroatoms. The van der Waals surface area contributed by atoms with Gasteiger partial charge in [-0.25, -0.2) is 15.0 Å². The lowest BCUT2D eigenvalue weighted by atomic mass is 10.0. The van der Waals surface area contributed by atoms with Crippen molar-refractivity contribution in [3.05, 3.63) is 28.6 Å². The van der Waals surface area contributed by atoms with Gasteiger partial charge in [-0.1, -0.05) is 23.2 Å². The van der Waals surface area contributed by atoms with Gasteiger partial charge in [0.2, 0.25) is 5.91 Å². The maximum atomic E-state index is 12.6. The molecule has 2 aromatic heterocycles. The van der Waals surface area contributed by atoms with E-state index in [0.717, 1.165) is 39.1 Å². The summed E-state index contributed by atoms with van der Waals surface area (Å²) in [7, 11) is 0. The lowest BCUT2D eigenvalue weighted by Gasteiger charge is -2.22. The Morgan fingerprint density at radius 3 is 2.81 bits per heavy atom. The van der Waals surface area contributed by atoms with Crippen LogP contribution in [0.3, 0.4) is 0 Å². The summed E-state index contributed by atoms with van der Waals surface area (Å²) in [5.41, 5.74) is 0.963. The maximum absolute atomic E-state index is 12.6. The third kappa shape index (κ3) is 6.05. The van der Waals surface area contributed by atoms with Gasteiger partial charge in [-0.15, -0.1) is 0 Å². The van der Waals surface area contributed by atoms with E-state index in [2.05, 4.69) is 30.9 Å². The van der Waals surface area contributed by atoms with Gasteiger partial charge in [-0.3, -0.25) is 4.79 Å². The lowest BCUT2D eigenvalue weighted by Crippen LogP contribution is -2.33. The number of carbonyl (C=O) groups excluding carboxylic acids is 1. The fraction of sp³-hybridized carbons (Fsp3) is 0.524. The molecule has 2 aromatic rings. The molecule has 9 nitrogen and oxygen atoms in total. The molecule has 1 amide bonds. The van der Waals surface area contributed by atoms with E-state index in [1.807, 2.05) is 0 Å². The van der Waals surface area contributed by atoms with Crippen LogP contribution in [0.25, 0.3) is 11.3 Å². The average molecular weight is 481 g/mol. The van der Waals surface area contributed by atoms with Gasteiger partial charge in [-0.05, 0) is 24.8 Å². The van der Waals surface area contributed by atoms with Crippen molar-refractivity contribution in [2.75, 3.05) is 56.7 Å². The van der Waals surface area contributed by atoms with Gasteiger partial charge in [0.05, 0.1) is 30.4 Å². The van der Waals surface area contributed by atoms with Gasteiger partial charge < -0.3 is 25.4 Å². The van der Waals surface area contributed by atoms with Gasteiger partial charge >= 0.3 is 0 Å². The minimum atomic E-state index is -0.306. The number of ether oxygens (including phenoxy) is 2. The van der Waals surface area contributed by atoms with Crippen LogP contribution in [0.2, 0.25) is 10.2 Å². The monoisotopic (exact) mass is 480 g/mol. The smallest absolute Gasteiger partial charge is 0.232 e. The molecule has 1 atom stereocenters. The Morgan fingerprint density at radius 2 is 1.97 bits per heavy atom. The Hall–Kier alpha value is -2.04. The van der Waals surface area contributed by atoms with Crippen molar-refractivity contribution in [2.45, 2.75) is 12.8 Å². The zero-order chi connectivity index (χ0) is 22.3. The number of halogens is 2. The number of pyridine rings is 1. The number of carbonyl (C=O) groups is 1. The normalized spacial score (nSPS) is 19.9. The molecule has 0 bridgehead atoms. The topological polar surface area (TPSA) is 110 Å². The van der Waals surface area contributed by atoms with Crippen molar-refractivity contribution in [1.82, 2.24) is 20.3 Å². The number of hydrogen-bond donors (Lipinski definition) is 3. The second kappa shape index (κ2) is 11.2. The Morgan fingerprint density at radius 1 is 1.12 bits per heavy atom. The van der Waals surface area contributed by atoms with E-state index in [4.69, 9.17) is 32.7 Å². The molecule has 0 spiro atoms. The molecule has 2 aliphatic heterocycles. The molecule has 0 saturated carbocycles. The minimum Gasteiger partial charge on any atom is -0.381 e. The first kappa shape index (κ1) is 23.1. The van der Waals surface area contributed by atoms with Gasteiger partial charge in [-0.2, -0.15) is 0 Å². The Balaban J connectivity index is 1.49. The molecule has 4 heterocycles. The molecule has 0 radical (unpaired) electrons. The van der Waals surface area contributed by atoms with Crippen LogP contribution in [0.5, 0.6) is 0 Å². The number of anilines is 2. The van der Waals surface area contributed by atoms with E-state index in [1.165, 1.54) is 6.20 Å². The lowest BCUT2D eigenvalue weighted by molar-refractivity contribution is -0.121. The Labute approximate surface area is 196 Å². The minimum absolute atomic E-state index is 0.177. The summed E-state index contributed by atoms with van der Waals surface area (Å²) < 4.78 is 10.9. The van der Waals surface area contributed by atoms with Crippen LogP contribution in [0.4, 0.5) is 11.6 Å². The van der Waals surface area contributed by atoms with Crippen molar-refractivity contribution in [3.63, 3.8) is 0 Å².